The molecule has 28 heavy (non-hydrogen) atoms. The average molecular weight is 383 g/mol. The Balaban J connectivity index is 1.85. The topological polar surface area (TPSA) is 29.5 Å². The summed E-state index contributed by atoms with van der Waals surface area (Å²) in [6.45, 7) is 1.85. The third kappa shape index (κ3) is 2.72. The van der Waals surface area contributed by atoms with Gasteiger partial charge in [-0.25, -0.2) is 8.78 Å². The second-order valence-corrected chi connectivity index (χ2v) is 6.65. The molecule has 0 fully saturated rings. The molecule has 142 valence electrons. The Kier molecular flexibility index (Phi) is 4.34. The number of anilines is 2. The molecule has 3 aromatic rings. The summed E-state index contributed by atoms with van der Waals surface area (Å²) in [5, 5.41) is 0. The van der Waals surface area contributed by atoms with E-state index in [-0.39, 0.29) is 0 Å². The molecule has 0 spiro atoms. The largest absolute Gasteiger partial charge is 0.419 e. The van der Waals surface area contributed by atoms with E-state index in [9.17, 15) is 18.0 Å². The molecule has 0 amide bonds. The zero-order valence-corrected chi connectivity index (χ0v) is 15.2. The van der Waals surface area contributed by atoms with Gasteiger partial charge in [0.15, 0.2) is 11.6 Å². The van der Waals surface area contributed by atoms with Crippen molar-refractivity contribution in [3.05, 3.63) is 88.7 Å². The molecule has 0 bridgehead atoms. The third-order valence-corrected chi connectivity index (χ3v) is 5.00. The van der Waals surface area contributed by atoms with Crippen molar-refractivity contribution in [3.8, 4) is 5.75 Å². The summed E-state index contributed by atoms with van der Waals surface area (Å²) >= 11 is 0. The number of aryl methyl sites for hydroxylation is 1. The van der Waals surface area contributed by atoms with E-state index in [1.54, 1.807) is 12.1 Å². The Morgan fingerprint density at radius 2 is 1.61 bits per heavy atom. The van der Waals surface area contributed by atoms with Gasteiger partial charge in [0.2, 0.25) is 11.6 Å². The number of rotatable bonds is 2. The van der Waals surface area contributed by atoms with Gasteiger partial charge in [-0.1, -0.05) is 30.3 Å². The number of halogens is 3. The quantitative estimate of drug-likeness (QED) is 0.345. The SMILES string of the molecule is Cc1cccc2c1C(C(=O)Oc1c(F)ccc(F)c1F)c1ccccc1N2C. The number of esters is 1. The summed E-state index contributed by atoms with van der Waals surface area (Å²) in [6, 6.07) is 14.2. The monoisotopic (exact) mass is 383 g/mol. The molecule has 1 aliphatic rings. The zero-order chi connectivity index (χ0) is 20.0. The van der Waals surface area contributed by atoms with E-state index < -0.39 is 35.1 Å². The summed E-state index contributed by atoms with van der Waals surface area (Å²) < 4.78 is 46.6. The minimum absolute atomic E-state index is 0.645. The van der Waals surface area contributed by atoms with E-state index in [0.717, 1.165) is 23.0 Å². The van der Waals surface area contributed by atoms with Gasteiger partial charge >= 0.3 is 5.97 Å². The number of fused-ring (bicyclic) bond motifs is 2. The number of nitrogens with zero attached hydrogens (tertiary/aromatic N) is 1. The van der Waals surface area contributed by atoms with Gasteiger partial charge in [-0.2, -0.15) is 4.39 Å². The van der Waals surface area contributed by atoms with Gasteiger partial charge in [-0.3, -0.25) is 4.79 Å². The molecule has 0 N–H and O–H groups in total. The second kappa shape index (κ2) is 6.71. The fourth-order valence-corrected chi connectivity index (χ4v) is 3.66. The lowest BCUT2D eigenvalue weighted by atomic mass is 9.82. The van der Waals surface area contributed by atoms with Gasteiger partial charge in [0.05, 0.1) is 0 Å². The molecule has 4 rings (SSSR count). The van der Waals surface area contributed by atoms with Crippen LogP contribution >= 0.6 is 0 Å². The van der Waals surface area contributed by atoms with Gasteiger partial charge in [0, 0.05) is 18.4 Å². The Labute approximate surface area is 160 Å². The van der Waals surface area contributed by atoms with Crippen molar-refractivity contribution in [3.63, 3.8) is 0 Å². The lowest BCUT2D eigenvalue weighted by Crippen LogP contribution is -2.29. The van der Waals surface area contributed by atoms with Crippen LogP contribution in [-0.4, -0.2) is 13.0 Å². The molecule has 3 nitrogen and oxygen atoms in total. The van der Waals surface area contributed by atoms with Gasteiger partial charge in [0.25, 0.3) is 0 Å². The Morgan fingerprint density at radius 1 is 0.929 bits per heavy atom. The number of hydrogen-bond donors (Lipinski definition) is 0. The predicted molar refractivity (Wildman–Crippen MR) is 99.5 cm³/mol. The molecule has 0 saturated heterocycles. The van der Waals surface area contributed by atoms with Gasteiger partial charge in [-0.05, 0) is 47.9 Å². The van der Waals surface area contributed by atoms with Crippen LogP contribution in [0, 0.1) is 24.4 Å². The van der Waals surface area contributed by atoms with Crippen molar-refractivity contribution in [1.82, 2.24) is 0 Å². The molecule has 1 aliphatic heterocycles. The highest BCUT2D eigenvalue weighted by molar-refractivity contribution is 5.93. The highest BCUT2D eigenvalue weighted by Gasteiger charge is 2.36. The molecular weight excluding hydrogens is 367 g/mol. The smallest absolute Gasteiger partial charge is 0.323 e. The highest BCUT2D eigenvalue weighted by Crippen LogP contribution is 2.46. The number of carbonyl (C=O) groups excluding carboxylic acids is 1. The molecule has 0 radical (unpaired) electrons. The van der Waals surface area contributed by atoms with E-state index in [1.165, 1.54) is 0 Å². The van der Waals surface area contributed by atoms with Crippen LogP contribution in [0.2, 0.25) is 0 Å². The van der Waals surface area contributed by atoms with Crippen molar-refractivity contribution in [2.45, 2.75) is 12.8 Å². The normalized spacial score (nSPS) is 15.0. The van der Waals surface area contributed by atoms with E-state index in [4.69, 9.17) is 4.74 Å². The first-order valence-electron chi connectivity index (χ1n) is 8.67. The molecule has 0 aliphatic carbocycles. The zero-order valence-electron chi connectivity index (χ0n) is 15.2. The minimum Gasteiger partial charge on any atom is -0.419 e. The van der Waals surface area contributed by atoms with Crippen molar-refractivity contribution in [2.24, 2.45) is 0 Å². The summed E-state index contributed by atoms with van der Waals surface area (Å²) in [6.07, 6.45) is 0. The highest BCUT2D eigenvalue weighted by atomic mass is 19.2. The maximum atomic E-state index is 14.0. The first kappa shape index (κ1) is 18.1. The van der Waals surface area contributed by atoms with Crippen molar-refractivity contribution in [1.29, 1.82) is 0 Å². The molecule has 0 aromatic heterocycles. The van der Waals surface area contributed by atoms with E-state index in [2.05, 4.69) is 0 Å². The number of carbonyl (C=O) groups is 1. The van der Waals surface area contributed by atoms with E-state index in [1.807, 2.05) is 49.2 Å². The number of para-hydroxylation sites is 1. The Hall–Kier alpha value is -3.28. The second-order valence-electron chi connectivity index (χ2n) is 6.65. The summed E-state index contributed by atoms with van der Waals surface area (Å²) in [4.78, 5) is 15.0. The van der Waals surface area contributed by atoms with Crippen molar-refractivity contribution in [2.75, 3.05) is 11.9 Å². The molecule has 3 aromatic carbocycles. The lowest BCUT2D eigenvalue weighted by Gasteiger charge is -2.35. The van der Waals surface area contributed by atoms with Crippen LogP contribution in [0.4, 0.5) is 24.5 Å². The number of hydrogen-bond acceptors (Lipinski definition) is 3. The fraction of sp³-hybridized carbons (Fsp3) is 0.136. The standard InChI is InChI=1S/C22H16F3NO2/c1-12-6-5-9-17-18(12)19(13-7-3-4-8-16(13)26(17)2)22(27)28-21-15(24)11-10-14(23)20(21)25/h3-11,19H,1-2H3. The van der Waals surface area contributed by atoms with E-state index in [0.29, 0.717) is 17.2 Å². The van der Waals surface area contributed by atoms with Crippen molar-refractivity contribution < 1.29 is 22.7 Å². The maximum Gasteiger partial charge on any atom is 0.323 e. The van der Waals surface area contributed by atoms with Crippen LogP contribution in [-0.2, 0) is 4.79 Å². The fourth-order valence-electron chi connectivity index (χ4n) is 3.66. The van der Waals surface area contributed by atoms with Crippen LogP contribution in [0.25, 0.3) is 0 Å². The van der Waals surface area contributed by atoms with Crippen LogP contribution in [0.1, 0.15) is 22.6 Å². The predicted octanol–water partition coefficient (Wildman–Crippen LogP) is 5.23. The van der Waals surface area contributed by atoms with Crippen molar-refractivity contribution >= 4 is 17.3 Å². The molecule has 1 unspecified atom stereocenters. The molecule has 1 heterocycles. The number of benzene rings is 3. The Morgan fingerprint density at radius 3 is 2.39 bits per heavy atom. The van der Waals surface area contributed by atoms with Gasteiger partial charge < -0.3 is 9.64 Å². The lowest BCUT2D eigenvalue weighted by molar-refractivity contribution is -0.135. The van der Waals surface area contributed by atoms with Crippen LogP contribution < -0.4 is 9.64 Å². The molecule has 1 atom stereocenters. The van der Waals surface area contributed by atoms with Crippen LogP contribution in [0.15, 0.2) is 54.6 Å². The minimum atomic E-state index is -1.53. The Bertz CT molecular complexity index is 1100. The third-order valence-electron chi connectivity index (χ3n) is 5.00. The molecular formula is C22H16F3NO2. The molecule has 6 heteroatoms. The van der Waals surface area contributed by atoms with Crippen LogP contribution in [0.3, 0.4) is 0 Å². The average Bonchev–Trinajstić information content (AvgIpc) is 2.69. The maximum absolute atomic E-state index is 14.0. The summed E-state index contributed by atoms with van der Waals surface area (Å²) in [5.74, 6) is -6.76. The van der Waals surface area contributed by atoms with Gasteiger partial charge in [-0.15, -0.1) is 0 Å². The molecule has 0 saturated carbocycles. The first-order valence-corrected chi connectivity index (χ1v) is 8.67. The first-order chi connectivity index (χ1) is 13.4. The van der Waals surface area contributed by atoms with Crippen LogP contribution in [0.5, 0.6) is 5.75 Å². The summed E-state index contributed by atoms with van der Waals surface area (Å²) in [5.41, 5.74) is 3.74. The van der Waals surface area contributed by atoms with E-state index >= 15 is 0 Å². The number of ether oxygens (including phenoxy) is 1. The summed E-state index contributed by atoms with van der Waals surface area (Å²) in [7, 11) is 1.88. The van der Waals surface area contributed by atoms with Gasteiger partial charge in [0.1, 0.15) is 5.92 Å².